The van der Waals surface area contributed by atoms with Crippen molar-refractivity contribution < 1.29 is 10.0 Å². The van der Waals surface area contributed by atoms with E-state index < -0.39 is 4.92 Å². The van der Waals surface area contributed by atoms with Gasteiger partial charge in [0.05, 0.1) is 4.92 Å². The van der Waals surface area contributed by atoms with Gasteiger partial charge in [-0.3, -0.25) is 14.9 Å². The highest BCUT2D eigenvalue weighted by Crippen LogP contribution is 2.42. The molecule has 2 bridgehead atoms. The Labute approximate surface area is 144 Å². The number of aromatic nitrogens is 1. The number of nitro benzene ring substituents is 1. The van der Waals surface area contributed by atoms with Crippen LogP contribution in [-0.2, 0) is 18.4 Å². The first-order valence-electron chi connectivity index (χ1n) is 8.36. The number of hydrogen-bond acceptors (Lipinski definition) is 5. The van der Waals surface area contributed by atoms with E-state index in [1.165, 1.54) is 18.2 Å². The van der Waals surface area contributed by atoms with Crippen molar-refractivity contribution in [1.82, 2.24) is 9.88 Å². The van der Waals surface area contributed by atoms with Crippen molar-refractivity contribution in [3.05, 3.63) is 68.1 Å². The molecular weight excluding hydrogens is 322 g/mol. The molecule has 130 valence electrons. The molecule has 2 atom stereocenters. The molecule has 4 rings (SSSR count). The molecule has 0 amide bonds. The fraction of sp³-hybridized carbons (Fsp3) is 0.389. The third kappa shape index (κ3) is 2.60. The molecule has 7 heteroatoms. The lowest BCUT2D eigenvalue weighted by molar-refractivity contribution is -0.385. The van der Waals surface area contributed by atoms with Crippen LogP contribution in [0.1, 0.15) is 17.7 Å². The molecule has 3 heterocycles. The third-order valence-electron chi connectivity index (χ3n) is 5.40. The van der Waals surface area contributed by atoms with Crippen molar-refractivity contribution in [1.29, 1.82) is 0 Å². The minimum Gasteiger partial charge on any atom is -0.508 e. The summed E-state index contributed by atoms with van der Waals surface area (Å²) >= 11 is 0. The number of nitrogens with zero attached hydrogens (tertiary/aromatic N) is 2. The molecule has 0 saturated carbocycles. The molecule has 0 radical (unpaired) electrons. The van der Waals surface area contributed by atoms with Gasteiger partial charge in [0.25, 0.3) is 11.2 Å². The lowest BCUT2D eigenvalue weighted by atomic mass is 9.67. The van der Waals surface area contributed by atoms with Gasteiger partial charge in [-0.25, -0.2) is 0 Å². The Morgan fingerprint density at radius 2 is 2.20 bits per heavy atom. The number of aromatic hydroxyl groups is 1. The number of phenols is 1. The van der Waals surface area contributed by atoms with Gasteiger partial charge in [-0.2, -0.15) is 0 Å². The van der Waals surface area contributed by atoms with Crippen LogP contribution in [0.25, 0.3) is 0 Å². The molecule has 2 N–H and O–H groups in total. The van der Waals surface area contributed by atoms with Gasteiger partial charge in [0.2, 0.25) is 0 Å². The molecule has 1 aromatic carbocycles. The molecule has 2 aliphatic rings. The second-order valence-electron chi connectivity index (χ2n) is 7.09. The van der Waals surface area contributed by atoms with Crippen LogP contribution in [0.15, 0.2) is 41.2 Å². The van der Waals surface area contributed by atoms with Crippen LogP contribution < -0.4 is 10.9 Å². The van der Waals surface area contributed by atoms with Crippen molar-refractivity contribution in [2.75, 3.05) is 13.1 Å². The maximum atomic E-state index is 12.3. The molecule has 2 aliphatic heterocycles. The summed E-state index contributed by atoms with van der Waals surface area (Å²) in [5, 5.41) is 24.6. The second-order valence-corrected chi connectivity index (χ2v) is 7.09. The normalized spacial score (nSPS) is 24.6. The molecule has 7 nitrogen and oxygen atoms in total. The smallest absolute Gasteiger partial charge is 0.272 e. The van der Waals surface area contributed by atoms with Gasteiger partial charge >= 0.3 is 0 Å². The predicted octanol–water partition coefficient (Wildman–Crippen LogP) is 1.57. The topological polar surface area (TPSA) is 97.4 Å². The Bertz CT molecular complexity index is 907. The zero-order valence-corrected chi connectivity index (χ0v) is 13.6. The number of nitro groups is 1. The number of piperidine rings is 1. The third-order valence-corrected chi connectivity index (χ3v) is 5.40. The van der Waals surface area contributed by atoms with Gasteiger partial charge in [0, 0.05) is 41.9 Å². The predicted molar refractivity (Wildman–Crippen MR) is 91.8 cm³/mol. The molecule has 0 spiro atoms. The van der Waals surface area contributed by atoms with Crippen LogP contribution >= 0.6 is 0 Å². The monoisotopic (exact) mass is 341 g/mol. The molecule has 1 aromatic heterocycles. The van der Waals surface area contributed by atoms with E-state index in [0.717, 1.165) is 18.7 Å². The zero-order chi connectivity index (χ0) is 17.6. The Balaban J connectivity index is 1.85. The van der Waals surface area contributed by atoms with Crippen molar-refractivity contribution in [2.24, 2.45) is 5.92 Å². The largest absolute Gasteiger partial charge is 0.508 e. The van der Waals surface area contributed by atoms with Gasteiger partial charge in [-0.1, -0.05) is 6.07 Å². The molecule has 2 unspecified atom stereocenters. The van der Waals surface area contributed by atoms with E-state index in [-0.39, 0.29) is 22.4 Å². The first-order valence-corrected chi connectivity index (χ1v) is 8.36. The van der Waals surface area contributed by atoms with Crippen LogP contribution in [0.2, 0.25) is 0 Å². The number of hydrogen-bond donors (Lipinski definition) is 2. The number of benzene rings is 1. The summed E-state index contributed by atoms with van der Waals surface area (Å²) in [4.78, 5) is 23.3. The fourth-order valence-electron chi connectivity index (χ4n) is 4.45. The zero-order valence-electron chi connectivity index (χ0n) is 13.6. The van der Waals surface area contributed by atoms with E-state index in [0.29, 0.717) is 31.0 Å². The van der Waals surface area contributed by atoms with Crippen molar-refractivity contribution in [3.8, 4) is 5.75 Å². The van der Waals surface area contributed by atoms with Gasteiger partial charge < -0.3 is 15.0 Å². The second kappa shape index (κ2) is 5.70. The fourth-order valence-corrected chi connectivity index (χ4v) is 4.45. The van der Waals surface area contributed by atoms with E-state index in [9.17, 15) is 20.0 Å². The van der Waals surface area contributed by atoms with E-state index >= 15 is 0 Å². The molecule has 0 aliphatic carbocycles. The minimum atomic E-state index is -0.417. The standard InChI is InChI=1S/C18H19N3O4/c22-14-4-5-15(21(24)25)13(6-14)8-18-7-12(9-19-11-18)10-20-16(18)2-1-3-17(20)23/h1-6,12,19,22H,7-11H2. The number of nitrogens with one attached hydrogen (secondary N) is 1. The Kier molecular flexibility index (Phi) is 3.61. The van der Waals surface area contributed by atoms with Crippen LogP contribution in [0, 0.1) is 16.0 Å². The maximum absolute atomic E-state index is 12.3. The van der Waals surface area contributed by atoms with Crippen molar-refractivity contribution in [3.63, 3.8) is 0 Å². The summed E-state index contributed by atoms with van der Waals surface area (Å²) in [6, 6.07) is 9.40. The maximum Gasteiger partial charge on any atom is 0.272 e. The summed E-state index contributed by atoms with van der Waals surface area (Å²) in [5.74, 6) is 0.330. The van der Waals surface area contributed by atoms with E-state index in [1.54, 1.807) is 12.1 Å². The summed E-state index contributed by atoms with van der Waals surface area (Å²) in [6.45, 7) is 2.16. The van der Waals surface area contributed by atoms with Crippen LogP contribution in [0.4, 0.5) is 5.69 Å². The molecule has 1 saturated heterocycles. The van der Waals surface area contributed by atoms with Crippen LogP contribution in [0.3, 0.4) is 0 Å². The number of fused-ring (bicyclic) bond motifs is 4. The molecular formula is C18H19N3O4. The molecule has 2 aromatic rings. The molecule has 25 heavy (non-hydrogen) atoms. The highest BCUT2D eigenvalue weighted by Gasteiger charge is 2.44. The Morgan fingerprint density at radius 3 is 3.00 bits per heavy atom. The SMILES string of the molecule is O=c1cccc2n1CC1CNCC2(Cc2cc(O)ccc2[N+](=O)[O-])C1. The first-order chi connectivity index (χ1) is 12.0. The minimum absolute atomic E-state index is 0.00435. The number of rotatable bonds is 3. The Morgan fingerprint density at radius 1 is 1.36 bits per heavy atom. The average molecular weight is 341 g/mol. The van der Waals surface area contributed by atoms with E-state index in [2.05, 4.69) is 5.32 Å². The van der Waals surface area contributed by atoms with Gasteiger partial charge in [-0.15, -0.1) is 0 Å². The Hall–Kier alpha value is -2.67. The highest BCUT2D eigenvalue weighted by atomic mass is 16.6. The average Bonchev–Trinajstić information content (AvgIpc) is 2.56. The van der Waals surface area contributed by atoms with Gasteiger partial charge in [0.15, 0.2) is 0 Å². The number of pyridine rings is 1. The van der Waals surface area contributed by atoms with E-state index in [1.807, 2.05) is 10.6 Å². The van der Waals surface area contributed by atoms with Crippen LogP contribution in [-0.4, -0.2) is 27.7 Å². The number of phenolic OH excluding ortho intramolecular Hbond substituents is 1. The van der Waals surface area contributed by atoms with Gasteiger partial charge in [-0.05, 0) is 43.5 Å². The quantitative estimate of drug-likeness (QED) is 0.652. The summed E-state index contributed by atoms with van der Waals surface area (Å²) in [6.07, 6.45) is 1.28. The van der Waals surface area contributed by atoms with Crippen molar-refractivity contribution >= 4 is 5.69 Å². The highest BCUT2D eigenvalue weighted by molar-refractivity contribution is 5.47. The summed E-state index contributed by atoms with van der Waals surface area (Å²) < 4.78 is 1.81. The summed E-state index contributed by atoms with van der Waals surface area (Å²) in [5.41, 5.74) is 1.00. The van der Waals surface area contributed by atoms with E-state index in [4.69, 9.17) is 0 Å². The summed E-state index contributed by atoms with van der Waals surface area (Å²) in [7, 11) is 0. The lowest BCUT2D eigenvalue weighted by Crippen LogP contribution is -2.55. The first kappa shape index (κ1) is 15.8. The van der Waals surface area contributed by atoms with Crippen LogP contribution in [0.5, 0.6) is 5.75 Å². The lowest BCUT2D eigenvalue weighted by Gasteiger charge is -2.47. The molecule has 1 fully saturated rings. The van der Waals surface area contributed by atoms with Gasteiger partial charge in [0.1, 0.15) is 5.75 Å². The van der Waals surface area contributed by atoms with Crippen molar-refractivity contribution in [2.45, 2.75) is 24.8 Å².